The topological polar surface area (TPSA) is 44.2 Å². The highest BCUT2D eigenvalue weighted by Gasteiger charge is 2.01. The summed E-state index contributed by atoms with van der Waals surface area (Å²) in [6.45, 7) is 0.543. The van der Waals surface area contributed by atoms with E-state index in [0.717, 1.165) is 5.56 Å². The molecule has 0 aliphatic heterocycles. The molecule has 4 nitrogen and oxygen atoms in total. The minimum atomic E-state index is 0.163. The van der Waals surface area contributed by atoms with Crippen LogP contribution in [-0.2, 0) is 11.3 Å². The second-order valence-electron chi connectivity index (χ2n) is 3.35. The molecule has 0 saturated heterocycles. The van der Waals surface area contributed by atoms with Crippen molar-refractivity contribution in [2.45, 2.75) is 6.61 Å². The molecule has 0 radical (unpaired) electrons. The molecule has 2 rings (SSSR count). The minimum absolute atomic E-state index is 0.163. The van der Waals surface area contributed by atoms with E-state index in [2.05, 4.69) is 9.97 Å². The van der Waals surface area contributed by atoms with Crippen molar-refractivity contribution in [3.05, 3.63) is 47.4 Å². The van der Waals surface area contributed by atoms with Gasteiger partial charge in [0, 0.05) is 19.4 Å². The number of rotatable bonds is 4. The van der Waals surface area contributed by atoms with Crippen LogP contribution in [0.2, 0.25) is 5.28 Å². The Hall–Kier alpha value is -1.65. The summed E-state index contributed by atoms with van der Waals surface area (Å²) in [6, 6.07) is 9.24. The molecule has 1 aromatic carbocycles. The second kappa shape index (κ2) is 5.61. The lowest BCUT2D eigenvalue weighted by molar-refractivity contribution is 0.184. The molecule has 0 atom stereocenters. The van der Waals surface area contributed by atoms with Crippen molar-refractivity contribution in [1.29, 1.82) is 0 Å². The maximum absolute atomic E-state index is 5.67. The molecule has 0 spiro atoms. The molecule has 88 valence electrons. The molecular formula is C12H11ClN2O2. The molecule has 0 saturated carbocycles. The van der Waals surface area contributed by atoms with Gasteiger partial charge in [-0.15, -0.1) is 0 Å². The summed E-state index contributed by atoms with van der Waals surface area (Å²) in [5.41, 5.74) is 1.03. The van der Waals surface area contributed by atoms with Gasteiger partial charge in [0.15, 0.2) is 0 Å². The molecular weight excluding hydrogens is 240 g/mol. The number of hydrogen-bond donors (Lipinski definition) is 0. The molecule has 1 heterocycles. The van der Waals surface area contributed by atoms with Gasteiger partial charge in [-0.2, -0.15) is 4.98 Å². The van der Waals surface area contributed by atoms with E-state index in [1.807, 2.05) is 24.3 Å². The predicted molar refractivity (Wildman–Crippen MR) is 64.3 cm³/mol. The van der Waals surface area contributed by atoms with Crippen LogP contribution in [-0.4, -0.2) is 17.1 Å². The van der Waals surface area contributed by atoms with Gasteiger partial charge in [0.2, 0.25) is 11.2 Å². The lowest BCUT2D eigenvalue weighted by atomic mass is 10.2. The van der Waals surface area contributed by atoms with Crippen LogP contribution in [0.15, 0.2) is 36.5 Å². The van der Waals surface area contributed by atoms with Crippen molar-refractivity contribution in [1.82, 2.24) is 9.97 Å². The Morgan fingerprint density at radius 3 is 2.94 bits per heavy atom. The second-order valence-corrected chi connectivity index (χ2v) is 3.68. The van der Waals surface area contributed by atoms with Gasteiger partial charge in [-0.05, 0) is 29.3 Å². The van der Waals surface area contributed by atoms with Crippen molar-refractivity contribution < 1.29 is 9.47 Å². The third kappa shape index (κ3) is 3.41. The van der Waals surface area contributed by atoms with Gasteiger partial charge in [-0.3, -0.25) is 0 Å². The maximum Gasteiger partial charge on any atom is 0.225 e. The highest BCUT2D eigenvalue weighted by Crippen LogP contribution is 2.21. The fourth-order valence-corrected chi connectivity index (χ4v) is 1.50. The number of aromatic nitrogens is 2. The first-order valence-corrected chi connectivity index (χ1v) is 5.40. The van der Waals surface area contributed by atoms with Gasteiger partial charge in [0.25, 0.3) is 0 Å². The fraction of sp³-hybridized carbons (Fsp3) is 0.167. The van der Waals surface area contributed by atoms with E-state index >= 15 is 0 Å². The van der Waals surface area contributed by atoms with Crippen LogP contribution in [0.4, 0.5) is 0 Å². The number of nitrogens with zero attached hydrogens (tertiary/aromatic N) is 2. The summed E-state index contributed by atoms with van der Waals surface area (Å²) in [5.74, 6) is 1.11. The van der Waals surface area contributed by atoms with E-state index in [-0.39, 0.29) is 5.28 Å². The van der Waals surface area contributed by atoms with Crippen LogP contribution >= 0.6 is 11.6 Å². The zero-order valence-corrected chi connectivity index (χ0v) is 10.0. The number of ether oxygens (including phenoxy) is 2. The predicted octanol–water partition coefficient (Wildman–Crippen LogP) is 3.07. The molecule has 17 heavy (non-hydrogen) atoms. The lowest BCUT2D eigenvalue weighted by Crippen LogP contribution is -1.91. The van der Waals surface area contributed by atoms with Crippen LogP contribution < -0.4 is 4.74 Å². The quantitative estimate of drug-likeness (QED) is 0.783. The molecule has 0 aliphatic carbocycles. The van der Waals surface area contributed by atoms with Crippen molar-refractivity contribution in [2.75, 3.05) is 7.11 Å². The summed E-state index contributed by atoms with van der Waals surface area (Å²) in [6.07, 6.45) is 1.55. The van der Waals surface area contributed by atoms with E-state index in [1.165, 1.54) is 0 Å². The summed E-state index contributed by atoms with van der Waals surface area (Å²) in [7, 11) is 1.65. The number of halogens is 1. The first kappa shape index (κ1) is 11.8. The highest BCUT2D eigenvalue weighted by atomic mass is 35.5. The Labute approximate surface area is 104 Å². The van der Waals surface area contributed by atoms with Crippen LogP contribution in [0.25, 0.3) is 0 Å². The van der Waals surface area contributed by atoms with E-state index in [9.17, 15) is 0 Å². The Morgan fingerprint density at radius 2 is 2.18 bits per heavy atom. The molecule has 5 heteroatoms. The minimum Gasteiger partial charge on any atom is -0.439 e. The van der Waals surface area contributed by atoms with Crippen LogP contribution in [0.1, 0.15) is 5.56 Å². The van der Waals surface area contributed by atoms with Gasteiger partial charge in [0.05, 0.1) is 6.61 Å². The van der Waals surface area contributed by atoms with Crippen LogP contribution in [0.5, 0.6) is 11.6 Å². The van der Waals surface area contributed by atoms with E-state index in [4.69, 9.17) is 21.1 Å². The summed E-state index contributed by atoms with van der Waals surface area (Å²) in [4.78, 5) is 7.73. The SMILES string of the molecule is COCc1cccc(Oc2ccnc(Cl)n2)c1. The Kier molecular flexibility index (Phi) is 3.90. The van der Waals surface area contributed by atoms with E-state index in [0.29, 0.717) is 18.2 Å². The molecule has 1 aromatic heterocycles. The molecule has 0 bridgehead atoms. The van der Waals surface area contributed by atoms with E-state index in [1.54, 1.807) is 19.4 Å². The fourth-order valence-electron chi connectivity index (χ4n) is 1.36. The maximum atomic E-state index is 5.67. The normalized spacial score (nSPS) is 10.2. The number of hydrogen-bond acceptors (Lipinski definition) is 4. The standard InChI is InChI=1S/C12H11ClN2O2/c1-16-8-9-3-2-4-10(7-9)17-11-5-6-14-12(13)15-11/h2-7H,8H2,1H3. The van der Waals surface area contributed by atoms with E-state index < -0.39 is 0 Å². The van der Waals surface area contributed by atoms with Gasteiger partial charge in [-0.25, -0.2) is 4.98 Å². The van der Waals surface area contributed by atoms with Gasteiger partial charge in [0.1, 0.15) is 5.75 Å². The van der Waals surface area contributed by atoms with Crippen LogP contribution in [0, 0.1) is 0 Å². The van der Waals surface area contributed by atoms with Crippen molar-refractivity contribution >= 4 is 11.6 Å². The van der Waals surface area contributed by atoms with Gasteiger partial charge in [-0.1, -0.05) is 12.1 Å². The molecule has 0 N–H and O–H groups in total. The summed E-state index contributed by atoms with van der Waals surface area (Å²) < 4.78 is 10.6. The molecule has 0 aliphatic rings. The first-order chi connectivity index (χ1) is 8.28. The molecule has 0 unspecified atom stereocenters. The average molecular weight is 251 g/mol. The number of benzene rings is 1. The van der Waals surface area contributed by atoms with Gasteiger partial charge >= 0.3 is 0 Å². The van der Waals surface area contributed by atoms with Crippen molar-refractivity contribution in [3.8, 4) is 11.6 Å². The Morgan fingerprint density at radius 1 is 1.29 bits per heavy atom. The lowest BCUT2D eigenvalue weighted by Gasteiger charge is -2.06. The van der Waals surface area contributed by atoms with Crippen molar-refractivity contribution in [3.63, 3.8) is 0 Å². The van der Waals surface area contributed by atoms with Crippen LogP contribution in [0.3, 0.4) is 0 Å². The smallest absolute Gasteiger partial charge is 0.225 e. The number of methoxy groups -OCH3 is 1. The molecule has 0 amide bonds. The highest BCUT2D eigenvalue weighted by molar-refractivity contribution is 6.28. The summed E-state index contributed by atoms with van der Waals surface area (Å²) in [5, 5.41) is 0.163. The Balaban J connectivity index is 2.15. The monoisotopic (exact) mass is 250 g/mol. The Bertz CT molecular complexity index is 505. The largest absolute Gasteiger partial charge is 0.439 e. The third-order valence-corrected chi connectivity index (χ3v) is 2.21. The van der Waals surface area contributed by atoms with Crippen molar-refractivity contribution in [2.24, 2.45) is 0 Å². The van der Waals surface area contributed by atoms with Gasteiger partial charge < -0.3 is 9.47 Å². The average Bonchev–Trinajstić information content (AvgIpc) is 2.30. The zero-order valence-electron chi connectivity index (χ0n) is 9.26. The third-order valence-electron chi connectivity index (χ3n) is 2.03. The summed E-state index contributed by atoms with van der Waals surface area (Å²) >= 11 is 5.67. The zero-order chi connectivity index (χ0) is 12.1. The molecule has 2 aromatic rings. The molecule has 0 fully saturated rings. The first-order valence-electron chi connectivity index (χ1n) is 5.02.